The summed E-state index contributed by atoms with van der Waals surface area (Å²) in [6.45, 7) is 2.16. The Morgan fingerprint density at radius 1 is 1.21 bits per heavy atom. The minimum Gasteiger partial charge on any atom is -0.382 e. The molecule has 3 N–H and O–H groups in total. The fourth-order valence-corrected chi connectivity index (χ4v) is 3.71. The minimum atomic E-state index is -0.391. The van der Waals surface area contributed by atoms with E-state index in [0.29, 0.717) is 18.4 Å². The maximum absolute atomic E-state index is 9.52. The molecule has 1 aromatic heterocycles. The molecule has 1 aromatic carbocycles. The number of hydrazone groups is 1. The summed E-state index contributed by atoms with van der Waals surface area (Å²) in [5, 5.41) is 34.2. The predicted molar refractivity (Wildman–Crippen MR) is 127 cm³/mol. The van der Waals surface area contributed by atoms with Crippen molar-refractivity contribution in [3.8, 4) is 11.8 Å². The van der Waals surface area contributed by atoms with Gasteiger partial charge in [0, 0.05) is 30.9 Å². The van der Waals surface area contributed by atoms with Crippen LogP contribution >= 0.6 is 0 Å². The number of nitrogens with zero attached hydrogens (tertiary/aromatic N) is 8. The van der Waals surface area contributed by atoms with E-state index in [1.807, 2.05) is 42.9 Å². The van der Waals surface area contributed by atoms with Gasteiger partial charge in [-0.1, -0.05) is 0 Å². The van der Waals surface area contributed by atoms with Crippen molar-refractivity contribution in [3.05, 3.63) is 42.6 Å². The van der Waals surface area contributed by atoms with Gasteiger partial charge in [0.1, 0.15) is 12.7 Å². The van der Waals surface area contributed by atoms with Crippen molar-refractivity contribution in [2.75, 3.05) is 44.4 Å². The number of benzene rings is 1. The first-order valence-electron chi connectivity index (χ1n) is 11.1. The molecule has 0 radical (unpaired) electrons. The number of hydrogen-bond acceptors (Lipinski definition) is 10. The first-order valence-corrected chi connectivity index (χ1v) is 11.1. The molecule has 1 atom stereocenters. The summed E-state index contributed by atoms with van der Waals surface area (Å²) < 4.78 is 1.87. The Morgan fingerprint density at radius 3 is 2.76 bits per heavy atom. The quantitative estimate of drug-likeness (QED) is 0.555. The van der Waals surface area contributed by atoms with Gasteiger partial charge < -0.3 is 20.9 Å². The first kappa shape index (κ1) is 21.0. The summed E-state index contributed by atoms with van der Waals surface area (Å²) in [5.74, 6) is 1.40. The van der Waals surface area contributed by atoms with E-state index in [-0.39, 0.29) is 0 Å². The average Bonchev–Trinajstić information content (AvgIpc) is 3.28. The normalized spacial score (nSPS) is 19.4. The zero-order valence-electron chi connectivity index (χ0n) is 18.7. The van der Waals surface area contributed by atoms with Crippen molar-refractivity contribution in [1.82, 2.24) is 30.0 Å². The number of rotatable bonds is 8. The second kappa shape index (κ2) is 8.91. The van der Waals surface area contributed by atoms with Crippen molar-refractivity contribution in [3.63, 3.8) is 0 Å². The number of nitrogens with one attached hydrogen (secondary N) is 3. The monoisotopic (exact) mass is 445 g/mol. The molecule has 0 amide bonds. The van der Waals surface area contributed by atoms with Crippen LogP contribution < -0.4 is 16.0 Å². The number of hydrogen-bond donors (Lipinski definition) is 3. The molecule has 0 saturated heterocycles. The number of aromatic nitrogens is 3. The molecule has 0 bridgehead atoms. The Morgan fingerprint density at radius 2 is 2.03 bits per heavy atom. The van der Waals surface area contributed by atoms with Crippen LogP contribution in [0, 0.1) is 11.3 Å². The van der Waals surface area contributed by atoms with Gasteiger partial charge in [0.25, 0.3) is 0 Å². The highest BCUT2D eigenvalue weighted by molar-refractivity contribution is 6.13. The van der Waals surface area contributed by atoms with Gasteiger partial charge in [0.2, 0.25) is 0 Å². The largest absolute Gasteiger partial charge is 0.382 e. The zero-order chi connectivity index (χ0) is 22.8. The maximum Gasteiger partial charge on any atom is 0.169 e. The molecule has 0 spiro atoms. The van der Waals surface area contributed by atoms with Crippen LogP contribution in [-0.4, -0.2) is 82.2 Å². The van der Waals surface area contributed by atoms with Crippen molar-refractivity contribution in [2.24, 2.45) is 10.1 Å². The lowest BCUT2D eigenvalue weighted by Crippen LogP contribution is -2.40. The highest BCUT2D eigenvalue weighted by atomic mass is 15.5. The van der Waals surface area contributed by atoms with E-state index in [4.69, 9.17) is 0 Å². The Balaban J connectivity index is 1.41. The predicted octanol–water partition coefficient (Wildman–Crippen LogP) is 1.22. The standard InChI is InChI=1S/C22H27N11/c1-31(2)8-7-24-18-6-5-16(9-20(18)32-13-26-27-14-32)29-21-10-19(28-15-3-4-15)22-25-12-17(11-23)33(22)30-21/h5-6,9-10,13-15,17,24,28H,3-4,7-8,12H2,1-2H3,(H,29,30). The summed E-state index contributed by atoms with van der Waals surface area (Å²) in [4.78, 5) is 6.67. The Bertz CT molecular complexity index is 1140. The number of likely N-dealkylation sites (N-methyl/N-ethyl adjacent to an activating group) is 1. The summed E-state index contributed by atoms with van der Waals surface area (Å²) >= 11 is 0. The van der Waals surface area contributed by atoms with Crippen LogP contribution in [0.2, 0.25) is 0 Å². The van der Waals surface area contributed by atoms with E-state index in [0.717, 1.165) is 54.5 Å². The Kier molecular flexibility index (Phi) is 5.66. The molecule has 11 heteroatoms. The minimum absolute atomic E-state index is 0.391. The molecule has 5 rings (SSSR count). The van der Waals surface area contributed by atoms with E-state index >= 15 is 0 Å². The van der Waals surface area contributed by atoms with Gasteiger partial charge in [-0.25, -0.2) is 5.01 Å². The highest BCUT2D eigenvalue weighted by Crippen LogP contribution is 2.27. The van der Waals surface area contributed by atoms with Crippen LogP contribution in [0.4, 0.5) is 11.4 Å². The molecular formula is C22H27N11. The summed E-state index contributed by atoms with van der Waals surface area (Å²) in [6.07, 6.45) is 7.62. The van der Waals surface area contributed by atoms with Gasteiger partial charge in [-0.15, -0.1) is 10.2 Å². The molecule has 1 unspecified atom stereocenters. The van der Waals surface area contributed by atoms with Gasteiger partial charge in [0.15, 0.2) is 17.7 Å². The van der Waals surface area contributed by atoms with Crippen molar-refractivity contribution < 1.29 is 0 Å². The van der Waals surface area contributed by atoms with E-state index in [1.54, 1.807) is 17.7 Å². The first-order chi connectivity index (χ1) is 16.1. The fourth-order valence-electron chi connectivity index (χ4n) is 3.71. The number of amidine groups is 2. The van der Waals surface area contributed by atoms with Crippen LogP contribution in [0.25, 0.3) is 5.69 Å². The smallest absolute Gasteiger partial charge is 0.169 e. The third kappa shape index (κ3) is 4.65. The molecule has 3 heterocycles. The van der Waals surface area contributed by atoms with Crippen LogP contribution in [-0.2, 0) is 0 Å². The summed E-state index contributed by atoms with van der Waals surface area (Å²) in [5.41, 5.74) is 3.69. The van der Waals surface area contributed by atoms with Gasteiger partial charge >= 0.3 is 0 Å². The molecule has 11 nitrogen and oxygen atoms in total. The van der Waals surface area contributed by atoms with Crippen LogP contribution in [0.1, 0.15) is 12.8 Å². The molecule has 170 valence electrons. The SMILES string of the molecule is CN(C)CCNc1ccc(NC2=NN3C(=NCC3C#N)C(NC3CC3)=C2)cc1-n1cnnc1. The second-order valence-electron chi connectivity index (χ2n) is 8.57. The maximum atomic E-state index is 9.52. The fraction of sp³-hybridized carbons (Fsp3) is 0.409. The van der Waals surface area contributed by atoms with Gasteiger partial charge in [-0.2, -0.15) is 10.4 Å². The lowest BCUT2D eigenvalue weighted by atomic mass is 10.2. The van der Waals surface area contributed by atoms with Crippen molar-refractivity contribution in [2.45, 2.75) is 24.9 Å². The summed E-state index contributed by atoms with van der Waals surface area (Å²) in [7, 11) is 4.10. The molecule has 1 aliphatic carbocycles. The molecule has 2 aromatic rings. The Hall–Kier alpha value is -3.91. The molecule has 1 saturated carbocycles. The van der Waals surface area contributed by atoms with E-state index in [1.165, 1.54) is 0 Å². The van der Waals surface area contributed by atoms with Crippen molar-refractivity contribution in [1.29, 1.82) is 5.26 Å². The number of aliphatic imine (C=N–C) groups is 1. The molecule has 33 heavy (non-hydrogen) atoms. The Labute approximate surface area is 192 Å². The van der Waals surface area contributed by atoms with Crippen molar-refractivity contribution >= 4 is 23.0 Å². The lowest BCUT2D eigenvalue weighted by molar-refractivity contribution is 0.417. The number of nitriles is 1. The molecule has 3 aliphatic rings. The van der Waals surface area contributed by atoms with E-state index in [2.05, 4.69) is 47.2 Å². The van der Waals surface area contributed by atoms with Crippen LogP contribution in [0.3, 0.4) is 0 Å². The summed E-state index contributed by atoms with van der Waals surface area (Å²) in [6, 6.07) is 8.43. The van der Waals surface area contributed by atoms with Gasteiger partial charge in [-0.3, -0.25) is 9.56 Å². The molecule has 1 fully saturated rings. The van der Waals surface area contributed by atoms with Gasteiger partial charge in [-0.05, 0) is 45.1 Å². The van der Waals surface area contributed by atoms with Gasteiger partial charge in [0.05, 0.1) is 29.7 Å². The van der Waals surface area contributed by atoms with E-state index < -0.39 is 6.04 Å². The number of fused-ring (bicyclic) bond motifs is 1. The third-order valence-electron chi connectivity index (χ3n) is 5.59. The van der Waals surface area contributed by atoms with E-state index in [9.17, 15) is 5.26 Å². The zero-order valence-corrected chi connectivity index (χ0v) is 18.7. The molecular weight excluding hydrogens is 418 g/mol. The average molecular weight is 446 g/mol. The topological polar surface area (TPSA) is 122 Å². The molecule has 2 aliphatic heterocycles. The third-order valence-corrected chi connectivity index (χ3v) is 5.59. The van der Waals surface area contributed by atoms with Crippen LogP contribution in [0.5, 0.6) is 0 Å². The number of anilines is 2. The second-order valence-corrected chi connectivity index (χ2v) is 8.57. The highest BCUT2D eigenvalue weighted by Gasteiger charge is 2.35. The van der Waals surface area contributed by atoms with Crippen LogP contribution in [0.15, 0.2) is 52.7 Å². The lowest BCUT2D eigenvalue weighted by Gasteiger charge is -2.26.